The second kappa shape index (κ2) is 6.81. The molecule has 3 fully saturated rings. The van der Waals surface area contributed by atoms with Gasteiger partial charge in [0.1, 0.15) is 0 Å². The van der Waals surface area contributed by atoms with E-state index in [1.54, 1.807) is 5.54 Å². The van der Waals surface area contributed by atoms with Gasteiger partial charge in [0.05, 0.1) is 0 Å². The van der Waals surface area contributed by atoms with Crippen molar-refractivity contribution in [2.75, 3.05) is 19.6 Å². The largest absolute Gasteiger partial charge is 0.308 e. The highest BCUT2D eigenvalue weighted by Crippen LogP contribution is 2.37. The van der Waals surface area contributed by atoms with Crippen molar-refractivity contribution in [2.24, 2.45) is 5.92 Å². The van der Waals surface area contributed by atoms with Crippen molar-refractivity contribution in [2.45, 2.75) is 69.4 Å². The fraction of sp³-hybridized carbons (Fsp3) is 0.882. The maximum atomic E-state index is 5.78. The van der Waals surface area contributed by atoms with Gasteiger partial charge in [-0.1, -0.05) is 49.8 Å². The summed E-state index contributed by atoms with van der Waals surface area (Å²) < 4.78 is 0. The molecule has 0 amide bonds. The molecule has 2 aliphatic carbocycles. The smallest absolute Gasteiger partial charge is 0.0309 e. The molecule has 2 nitrogen and oxygen atoms in total. The lowest BCUT2D eigenvalue weighted by atomic mass is 9.80. The highest BCUT2D eigenvalue weighted by Gasteiger charge is 2.42. The van der Waals surface area contributed by atoms with E-state index in [1.807, 2.05) is 0 Å². The molecule has 0 aromatic rings. The van der Waals surface area contributed by atoms with Crippen molar-refractivity contribution >= 4 is 11.6 Å². The van der Waals surface area contributed by atoms with Gasteiger partial charge in [-0.25, -0.2) is 0 Å². The van der Waals surface area contributed by atoms with E-state index in [2.05, 4.69) is 16.3 Å². The van der Waals surface area contributed by atoms with Crippen LogP contribution in [0, 0.1) is 5.92 Å². The summed E-state index contributed by atoms with van der Waals surface area (Å²) in [5.41, 5.74) is 2.12. The third kappa shape index (κ3) is 3.23. The van der Waals surface area contributed by atoms with E-state index in [0.29, 0.717) is 5.54 Å². The molecule has 1 aliphatic heterocycles. The van der Waals surface area contributed by atoms with Gasteiger partial charge in [0.2, 0.25) is 0 Å². The maximum absolute atomic E-state index is 5.78. The number of nitrogens with zero attached hydrogens (tertiary/aromatic N) is 1. The summed E-state index contributed by atoms with van der Waals surface area (Å²) in [6.07, 6.45) is 14.9. The van der Waals surface area contributed by atoms with Gasteiger partial charge in [-0.2, -0.15) is 0 Å². The van der Waals surface area contributed by atoms with Crippen molar-refractivity contribution < 1.29 is 0 Å². The van der Waals surface area contributed by atoms with Crippen LogP contribution in [0.15, 0.2) is 11.6 Å². The molecule has 3 rings (SSSR count). The number of halogens is 1. The third-order valence-corrected chi connectivity index (χ3v) is 6.02. The first kappa shape index (κ1) is 14.9. The highest BCUT2D eigenvalue weighted by atomic mass is 35.5. The SMILES string of the molecule is Cl/C=C/CN1CC2(CCCC2)NCC1C1CCCCC1. The van der Waals surface area contributed by atoms with Crippen LogP contribution >= 0.6 is 11.6 Å². The lowest BCUT2D eigenvalue weighted by Gasteiger charge is -2.49. The summed E-state index contributed by atoms with van der Waals surface area (Å²) in [7, 11) is 0. The Morgan fingerprint density at radius 1 is 1.10 bits per heavy atom. The Labute approximate surface area is 128 Å². The van der Waals surface area contributed by atoms with Gasteiger partial charge < -0.3 is 5.32 Å². The molecule has 0 bridgehead atoms. The number of hydrogen-bond acceptors (Lipinski definition) is 2. The average molecular weight is 297 g/mol. The second-order valence-electron chi connectivity index (χ2n) is 7.12. The summed E-state index contributed by atoms with van der Waals surface area (Å²) >= 11 is 5.78. The van der Waals surface area contributed by atoms with Crippen molar-refractivity contribution in [1.82, 2.24) is 10.2 Å². The summed E-state index contributed by atoms with van der Waals surface area (Å²) in [4.78, 5) is 2.73. The van der Waals surface area contributed by atoms with Crippen LogP contribution in [0.3, 0.4) is 0 Å². The van der Waals surface area contributed by atoms with Gasteiger partial charge in [0, 0.05) is 36.8 Å². The van der Waals surface area contributed by atoms with E-state index in [9.17, 15) is 0 Å². The van der Waals surface area contributed by atoms with Gasteiger partial charge >= 0.3 is 0 Å². The van der Waals surface area contributed by atoms with Crippen LogP contribution in [-0.2, 0) is 0 Å². The number of nitrogens with one attached hydrogen (secondary N) is 1. The standard InChI is InChI=1S/C17H29ClN2/c18-11-6-12-20-14-17(9-4-5-10-17)19-13-16(20)15-7-2-1-3-8-15/h6,11,15-16,19H,1-5,7-10,12-14H2/b11-6+. The molecule has 3 heteroatoms. The minimum Gasteiger partial charge on any atom is -0.308 e. The normalized spacial score (nSPS) is 32.4. The summed E-state index contributed by atoms with van der Waals surface area (Å²) in [5.74, 6) is 0.902. The fourth-order valence-electron chi connectivity index (χ4n) is 4.76. The Bertz CT molecular complexity index is 330. The van der Waals surface area contributed by atoms with Gasteiger partial charge in [0.15, 0.2) is 0 Å². The fourth-order valence-corrected chi connectivity index (χ4v) is 4.84. The predicted molar refractivity (Wildman–Crippen MR) is 86.1 cm³/mol. The Balaban J connectivity index is 1.68. The van der Waals surface area contributed by atoms with Gasteiger partial charge in [0.25, 0.3) is 0 Å². The first-order valence-electron chi connectivity index (χ1n) is 8.57. The van der Waals surface area contributed by atoms with Crippen LogP contribution in [-0.4, -0.2) is 36.1 Å². The van der Waals surface area contributed by atoms with E-state index in [0.717, 1.165) is 18.5 Å². The average Bonchev–Trinajstić information content (AvgIpc) is 2.94. The van der Waals surface area contributed by atoms with Crippen LogP contribution in [0.4, 0.5) is 0 Å². The molecule has 1 heterocycles. The third-order valence-electron chi connectivity index (χ3n) is 5.84. The Morgan fingerprint density at radius 3 is 2.55 bits per heavy atom. The molecule has 1 saturated heterocycles. The van der Waals surface area contributed by atoms with Crippen molar-refractivity contribution in [1.29, 1.82) is 0 Å². The van der Waals surface area contributed by atoms with E-state index in [4.69, 9.17) is 11.6 Å². The topological polar surface area (TPSA) is 15.3 Å². The second-order valence-corrected chi connectivity index (χ2v) is 7.38. The molecule has 114 valence electrons. The lowest BCUT2D eigenvalue weighted by Crippen LogP contribution is -2.64. The Morgan fingerprint density at radius 2 is 1.85 bits per heavy atom. The maximum Gasteiger partial charge on any atom is 0.0309 e. The number of rotatable bonds is 3. The van der Waals surface area contributed by atoms with Crippen molar-refractivity contribution in [3.63, 3.8) is 0 Å². The monoisotopic (exact) mass is 296 g/mol. The summed E-state index contributed by atoms with van der Waals surface area (Å²) in [5, 5.41) is 3.95. The molecule has 1 spiro atoms. The quantitative estimate of drug-likeness (QED) is 0.849. The number of hydrogen-bond donors (Lipinski definition) is 1. The molecule has 1 unspecified atom stereocenters. The zero-order valence-electron chi connectivity index (χ0n) is 12.6. The molecule has 0 aromatic carbocycles. The zero-order chi connectivity index (χ0) is 13.8. The molecule has 0 radical (unpaired) electrons. The van der Waals surface area contributed by atoms with Gasteiger partial charge in [-0.05, 0) is 31.6 Å². The van der Waals surface area contributed by atoms with Crippen LogP contribution in [0.1, 0.15) is 57.8 Å². The van der Waals surface area contributed by atoms with E-state index >= 15 is 0 Å². The van der Waals surface area contributed by atoms with Crippen LogP contribution in [0.5, 0.6) is 0 Å². The molecule has 1 atom stereocenters. The van der Waals surface area contributed by atoms with Crippen LogP contribution in [0.25, 0.3) is 0 Å². The van der Waals surface area contributed by atoms with Crippen LogP contribution in [0.2, 0.25) is 0 Å². The lowest BCUT2D eigenvalue weighted by molar-refractivity contribution is 0.0469. The minimum absolute atomic E-state index is 0.422. The summed E-state index contributed by atoms with van der Waals surface area (Å²) in [6.45, 7) is 3.46. The zero-order valence-corrected chi connectivity index (χ0v) is 13.4. The van der Waals surface area contributed by atoms with Crippen molar-refractivity contribution in [3.05, 3.63) is 11.6 Å². The number of piperazine rings is 1. The molecule has 20 heavy (non-hydrogen) atoms. The molecular weight excluding hydrogens is 268 g/mol. The Hall–Kier alpha value is -0.0500. The summed E-state index contributed by atoms with van der Waals surface area (Å²) in [6, 6.07) is 0.731. The minimum atomic E-state index is 0.422. The predicted octanol–water partition coefficient (Wildman–Crippen LogP) is 3.91. The van der Waals surface area contributed by atoms with E-state index in [-0.39, 0.29) is 0 Å². The molecule has 3 aliphatic rings. The van der Waals surface area contributed by atoms with Gasteiger partial charge in [-0.15, -0.1) is 0 Å². The van der Waals surface area contributed by atoms with Crippen molar-refractivity contribution in [3.8, 4) is 0 Å². The Kier molecular flexibility index (Phi) is 5.06. The molecule has 2 saturated carbocycles. The molecule has 1 N–H and O–H groups in total. The highest BCUT2D eigenvalue weighted by molar-refractivity contribution is 6.25. The van der Waals surface area contributed by atoms with E-state index in [1.165, 1.54) is 70.9 Å². The van der Waals surface area contributed by atoms with E-state index < -0.39 is 0 Å². The first-order chi connectivity index (χ1) is 9.83. The van der Waals surface area contributed by atoms with Gasteiger partial charge in [-0.3, -0.25) is 4.90 Å². The molecular formula is C17H29ClN2. The first-order valence-corrected chi connectivity index (χ1v) is 9.01. The van der Waals surface area contributed by atoms with Crippen LogP contribution < -0.4 is 5.32 Å². The molecule has 0 aromatic heterocycles.